The van der Waals surface area contributed by atoms with E-state index in [1.165, 1.54) is 60.1 Å². The first kappa shape index (κ1) is 22.5. The fourth-order valence-electron chi connectivity index (χ4n) is 4.21. The summed E-state index contributed by atoms with van der Waals surface area (Å²) in [7, 11) is -3.87. The number of aryl methyl sites for hydroxylation is 3. The number of sulfonamides is 1. The van der Waals surface area contributed by atoms with Gasteiger partial charge in [0.05, 0.1) is 10.6 Å². The van der Waals surface area contributed by atoms with Crippen LogP contribution in [0.15, 0.2) is 45.8 Å². The minimum Gasteiger partial charge on any atom is -0.397 e. The van der Waals surface area contributed by atoms with E-state index in [9.17, 15) is 13.2 Å². The maximum absolute atomic E-state index is 13.2. The van der Waals surface area contributed by atoms with Crippen molar-refractivity contribution in [1.82, 2.24) is 10.1 Å². The molecule has 1 aliphatic rings. The van der Waals surface area contributed by atoms with E-state index in [0.717, 1.165) is 41.6 Å². The van der Waals surface area contributed by atoms with Crippen LogP contribution in [0, 0.1) is 6.92 Å². The number of hydrogen-bond donors (Lipinski definition) is 2. The normalized spacial score (nSPS) is 14.4. The van der Waals surface area contributed by atoms with E-state index in [1.54, 1.807) is 6.92 Å². The van der Waals surface area contributed by atoms with Crippen molar-refractivity contribution in [3.05, 3.63) is 63.9 Å². The molecule has 0 atom stereocenters. The minimum atomic E-state index is -3.87. The molecule has 0 spiro atoms. The number of fused-ring (bicyclic) bond motifs is 2. The molecule has 0 saturated heterocycles. The Morgan fingerprint density at radius 3 is 2.53 bits per heavy atom. The summed E-state index contributed by atoms with van der Waals surface area (Å²) in [6.45, 7) is 1.67. The number of carbonyl (C=O) groups excluding carboxylic acids is 1. The Bertz CT molecular complexity index is 1490. The average molecular weight is 497 g/mol. The molecule has 0 amide bonds. The first-order valence-corrected chi connectivity index (χ1v) is 13.4. The van der Waals surface area contributed by atoms with Gasteiger partial charge in [0.25, 0.3) is 10.0 Å². The van der Waals surface area contributed by atoms with E-state index in [4.69, 9.17) is 15.2 Å². The number of ketones is 1. The topological polar surface area (TPSA) is 128 Å². The Hall–Kier alpha value is -3.24. The summed E-state index contributed by atoms with van der Waals surface area (Å²) in [5.74, 6) is 0.329. The molecule has 0 aliphatic heterocycles. The van der Waals surface area contributed by atoms with E-state index in [1.807, 2.05) is 0 Å². The van der Waals surface area contributed by atoms with Gasteiger partial charge in [-0.05, 0) is 68.5 Å². The quantitative estimate of drug-likeness (QED) is 0.377. The maximum Gasteiger partial charge on any atom is 0.263 e. The Kier molecular flexibility index (Phi) is 5.86. The molecule has 0 radical (unpaired) electrons. The summed E-state index contributed by atoms with van der Waals surface area (Å²) in [6, 6.07) is 9.32. The number of pyridine rings is 1. The van der Waals surface area contributed by atoms with Crippen molar-refractivity contribution in [2.75, 3.05) is 10.5 Å². The van der Waals surface area contributed by atoms with Gasteiger partial charge in [0.2, 0.25) is 5.78 Å². The van der Waals surface area contributed by atoms with Crippen LogP contribution in [0.2, 0.25) is 0 Å². The van der Waals surface area contributed by atoms with Crippen LogP contribution in [0.4, 0.5) is 11.5 Å². The Labute approximate surface area is 201 Å². The number of nitrogens with one attached hydrogen (secondary N) is 1. The van der Waals surface area contributed by atoms with E-state index < -0.39 is 10.0 Å². The highest BCUT2D eigenvalue weighted by molar-refractivity contribution is 7.92. The first-order valence-electron chi connectivity index (χ1n) is 11.1. The third-order valence-electron chi connectivity index (χ3n) is 6.00. The smallest absolute Gasteiger partial charge is 0.263 e. The number of hydrogen-bond acceptors (Lipinski definition) is 8. The Morgan fingerprint density at radius 2 is 1.82 bits per heavy atom. The zero-order valence-corrected chi connectivity index (χ0v) is 20.3. The van der Waals surface area contributed by atoms with Gasteiger partial charge in [-0.15, -0.1) is 11.3 Å². The second kappa shape index (κ2) is 8.84. The van der Waals surface area contributed by atoms with Crippen molar-refractivity contribution in [3.63, 3.8) is 0 Å². The highest BCUT2D eigenvalue weighted by Crippen LogP contribution is 2.36. The van der Waals surface area contributed by atoms with Crippen LogP contribution < -0.4 is 10.5 Å². The van der Waals surface area contributed by atoms with Crippen molar-refractivity contribution in [2.45, 2.75) is 50.3 Å². The lowest BCUT2D eigenvalue weighted by atomic mass is 9.96. The molecule has 5 rings (SSSR count). The van der Waals surface area contributed by atoms with Gasteiger partial charge in [0.1, 0.15) is 15.5 Å². The molecule has 10 heteroatoms. The first-order chi connectivity index (χ1) is 16.3. The van der Waals surface area contributed by atoms with Crippen molar-refractivity contribution >= 4 is 48.9 Å². The number of nitrogens with two attached hydrogens (primary N) is 1. The van der Waals surface area contributed by atoms with Crippen LogP contribution in [0.5, 0.6) is 0 Å². The lowest BCUT2D eigenvalue weighted by molar-refractivity contribution is 0.104. The van der Waals surface area contributed by atoms with Gasteiger partial charge in [-0.1, -0.05) is 18.0 Å². The van der Waals surface area contributed by atoms with Gasteiger partial charge in [0.15, 0.2) is 5.82 Å². The largest absolute Gasteiger partial charge is 0.397 e. The Balaban J connectivity index is 1.43. The summed E-state index contributed by atoms with van der Waals surface area (Å²) < 4.78 is 32.5. The number of nitrogens with zero attached hydrogens (tertiary/aromatic N) is 2. The molecule has 3 aromatic heterocycles. The van der Waals surface area contributed by atoms with Crippen LogP contribution >= 0.6 is 11.3 Å². The summed E-state index contributed by atoms with van der Waals surface area (Å²) in [4.78, 5) is 19.3. The molecular weight excluding hydrogens is 472 g/mol. The van der Waals surface area contributed by atoms with Crippen LogP contribution in [0.25, 0.3) is 10.2 Å². The highest BCUT2D eigenvalue weighted by Gasteiger charge is 2.22. The van der Waals surface area contributed by atoms with Crippen LogP contribution in [0.3, 0.4) is 0 Å². The van der Waals surface area contributed by atoms with Gasteiger partial charge in [-0.2, -0.15) is 0 Å². The molecule has 0 fully saturated rings. The van der Waals surface area contributed by atoms with Crippen LogP contribution in [0.1, 0.15) is 57.9 Å². The molecule has 3 heterocycles. The molecule has 1 aliphatic carbocycles. The fraction of sp³-hybridized carbons (Fsp3) is 0.292. The number of anilines is 2. The number of carbonyl (C=O) groups is 1. The molecule has 0 saturated carbocycles. The average Bonchev–Trinajstić information content (AvgIpc) is 3.35. The molecule has 4 aromatic rings. The summed E-state index contributed by atoms with van der Waals surface area (Å²) in [5, 5.41) is 4.46. The second-order valence-electron chi connectivity index (χ2n) is 8.49. The minimum absolute atomic E-state index is 0.00971. The van der Waals surface area contributed by atoms with Gasteiger partial charge >= 0.3 is 0 Å². The SMILES string of the molecule is Cc1cc(NS(=O)(=O)c2ccc(C(=O)c3sc4nc5c(cc4c3N)CCCCCC5)cc2)no1. The summed E-state index contributed by atoms with van der Waals surface area (Å²) >= 11 is 1.29. The molecular formula is C24H24N4O4S2. The number of nitrogen functional groups attached to an aromatic ring is 1. The van der Waals surface area contributed by atoms with Gasteiger partial charge < -0.3 is 10.3 Å². The van der Waals surface area contributed by atoms with Gasteiger partial charge in [0, 0.05) is 22.7 Å². The molecule has 176 valence electrons. The molecule has 0 unspecified atom stereocenters. The van der Waals surface area contributed by atoms with E-state index in [0.29, 0.717) is 21.9 Å². The van der Waals surface area contributed by atoms with E-state index in [2.05, 4.69) is 15.9 Å². The molecule has 3 N–H and O–H groups in total. The number of aromatic nitrogens is 2. The number of rotatable bonds is 5. The monoisotopic (exact) mass is 496 g/mol. The predicted octanol–water partition coefficient (Wildman–Crippen LogP) is 4.87. The summed E-state index contributed by atoms with van der Waals surface area (Å²) in [6.07, 6.45) is 6.63. The van der Waals surface area contributed by atoms with Crippen LogP contribution in [-0.4, -0.2) is 24.3 Å². The highest BCUT2D eigenvalue weighted by atomic mass is 32.2. The zero-order valence-electron chi connectivity index (χ0n) is 18.6. The lowest BCUT2D eigenvalue weighted by Crippen LogP contribution is -2.13. The van der Waals surface area contributed by atoms with Crippen molar-refractivity contribution < 1.29 is 17.7 Å². The fourth-order valence-corrected chi connectivity index (χ4v) is 6.25. The Morgan fingerprint density at radius 1 is 1.09 bits per heavy atom. The lowest BCUT2D eigenvalue weighted by Gasteiger charge is -2.12. The third kappa shape index (κ3) is 4.30. The zero-order chi connectivity index (χ0) is 23.9. The van der Waals surface area contributed by atoms with Crippen molar-refractivity contribution in [1.29, 1.82) is 0 Å². The molecule has 34 heavy (non-hydrogen) atoms. The van der Waals surface area contributed by atoms with E-state index >= 15 is 0 Å². The molecule has 0 bridgehead atoms. The van der Waals surface area contributed by atoms with Gasteiger partial charge in [-0.3, -0.25) is 9.52 Å². The van der Waals surface area contributed by atoms with Gasteiger partial charge in [-0.25, -0.2) is 13.4 Å². The summed E-state index contributed by atoms with van der Waals surface area (Å²) in [5.41, 5.74) is 9.51. The third-order valence-corrected chi connectivity index (χ3v) is 8.48. The number of thiophene rings is 1. The molecule has 1 aromatic carbocycles. The second-order valence-corrected chi connectivity index (χ2v) is 11.2. The maximum atomic E-state index is 13.2. The number of benzene rings is 1. The predicted molar refractivity (Wildman–Crippen MR) is 132 cm³/mol. The molecule has 8 nitrogen and oxygen atoms in total. The van der Waals surface area contributed by atoms with Crippen molar-refractivity contribution in [3.8, 4) is 0 Å². The van der Waals surface area contributed by atoms with Crippen molar-refractivity contribution in [2.24, 2.45) is 0 Å². The van der Waals surface area contributed by atoms with Crippen LogP contribution in [-0.2, 0) is 22.9 Å². The van der Waals surface area contributed by atoms with E-state index in [-0.39, 0.29) is 16.5 Å². The standard InChI is InChI=1S/C24H24N4O4S2/c1-14-12-20(27-32-14)28-34(30,31)17-10-8-15(9-11-17)22(29)23-21(25)18-13-16-6-4-2-3-5-7-19(16)26-24(18)33-23/h8-13H,2-7,25H2,1H3,(H,27,28).